The summed E-state index contributed by atoms with van der Waals surface area (Å²) >= 11 is 0. The summed E-state index contributed by atoms with van der Waals surface area (Å²) in [6.07, 6.45) is 1.63. The molecule has 6 heteroatoms. The van der Waals surface area contributed by atoms with E-state index < -0.39 is 11.9 Å². The van der Waals surface area contributed by atoms with Crippen molar-refractivity contribution in [3.63, 3.8) is 0 Å². The van der Waals surface area contributed by atoms with Gasteiger partial charge in [0.15, 0.2) is 0 Å². The Labute approximate surface area is 148 Å². The molecule has 0 fully saturated rings. The van der Waals surface area contributed by atoms with Crippen molar-refractivity contribution in [3.8, 4) is 11.5 Å². The van der Waals surface area contributed by atoms with Crippen LogP contribution < -0.4 is 9.47 Å². The number of carbonyl (C=O) groups excluding carboxylic acids is 2. The zero-order valence-electron chi connectivity index (χ0n) is 15.5. The average molecular weight is 350 g/mol. The van der Waals surface area contributed by atoms with Crippen LogP contribution in [0.1, 0.15) is 50.5 Å². The van der Waals surface area contributed by atoms with E-state index in [1.54, 1.807) is 45.9 Å². The molecule has 0 saturated carbocycles. The summed E-state index contributed by atoms with van der Waals surface area (Å²) in [6.45, 7) is 9.96. The number of hydrogen-bond acceptors (Lipinski definition) is 6. The molecule has 1 aromatic carbocycles. The lowest BCUT2D eigenvalue weighted by atomic mass is 10.00. The van der Waals surface area contributed by atoms with Crippen LogP contribution in [0.25, 0.3) is 5.57 Å². The van der Waals surface area contributed by atoms with Crippen molar-refractivity contribution < 1.29 is 28.5 Å². The summed E-state index contributed by atoms with van der Waals surface area (Å²) in [7, 11) is 0. The molecule has 0 radical (unpaired) electrons. The predicted octanol–water partition coefficient (Wildman–Crippen LogP) is 3.63. The van der Waals surface area contributed by atoms with Gasteiger partial charge in [0.05, 0.1) is 32.0 Å². The highest BCUT2D eigenvalue weighted by Crippen LogP contribution is 2.37. The van der Waals surface area contributed by atoms with Gasteiger partial charge in [-0.05, 0) is 46.8 Å². The molecule has 0 spiro atoms. The second-order valence-electron chi connectivity index (χ2n) is 4.82. The highest BCUT2D eigenvalue weighted by molar-refractivity contribution is 6.18. The molecule has 0 aliphatic rings. The van der Waals surface area contributed by atoms with Gasteiger partial charge in [0.1, 0.15) is 17.1 Å². The molecule has 0 saturated heterocycles. The van der Waals surface area contributed by atoms with Crippen LogP contribution in [-0.2, 0) is 14.3 Å². The fourth-order valence-corrected chi connectivity index (χ4v) is 2.34. The minimum atomic E-state index is -0.560. The number of rotatable bonds is 9. The highest BCUT2D eigenvalue weighted by atomic mass is 16.5. The number of hydrogen-bond donors (Lipinski definition) is 0. The Bertz CT molecular complexity index is 633. The van der Waals surface area contributed by atoms with Crippen LogP contribution >= 0.6 is 0 Å². The van der Waals surface area contributed by atoms with Crippen LogP contribution in [0.2, 0.25) is 0 Å². The third kappa shape index (κ3) is 4.98. The Morgan fingerprint density at radius 3 is 2.08 bits per heavy atom. The summed E-state index contributed by atoms with van der Waals surface area (Å²) in [6, 6.07) is 3.32. The smallest absolute Gasteiger partial charge is 0.345 e. The highest BCUT2D eigenvalue weighted by Gasteiger charge is 2.27. The standard InChI is InChI=1S/C19H26O6/c1-6-13(18(20)24-9-4)14-11-12-15(22-7-2)16(17(14)23-8-3)19(21)25-10-5/h6,11-12H,7-10H2,1-5H3/b13-6+. The van der Waals surface area contributed by atoms with Gasteiger partial charge < -0.3 is 18.9 Å². The summed E-state index contributed by atoms with van der Waals surface area (Å²) in [4.78, 5) is 24.7. The van der Waals surface area contributed by atoms with Gasteiger partial charge in [0.25, 0.3) is 0 Å². The van der Waals surface area contributed by atoms with Crippen molar-refractivity contribution in [1.29, 1.82) is 0 Å². The number of benzene rings is 1. The fraction of sp³-hybridized carbons (Fsp3) is 0.474. The maximum atomic E-state index is 12.5. The molecule has 0 heterocycles. The van der Waals surface area contributed by atoms with Gasteiger partial charge in [-0.3, -0.25) is 0 Å². The summed E-state index contributed by atoms with van der Waals surface area (Å²) in [5.41, 5.74) is 0.958. The number of allylic oxidation sites excluding steroid dienone is 1. The minimum Gasteiger partial charge on any atom is -0.493 e. The maximum absolute atomic E-state index is 12.5. The van der Waals surface area contributed by atoms with E-state index in [2.05, 4.69) is 0 Å². The zero-order valence-corrected chi connectivity index (χ0v) is 15.5. The molecule has 25 heavy (non-hydrogen) atoms. The molecule has 0 aromatic heterocycles. The fourth-order valence-electron chi connectivity index (χ4n) is 2.34. The van der Waals surface area contributed by atoms with Crippen LogP contribution in [0, 0.1) is 0 Å². The lowest BCUT2D eigenvalue weighted by Crippen LogP contribution is -2.14. The maximum Gasteiger partial charge on any atom is 0.345 e. The lowest BCUT2D eigenvalue weighted by Gasteiger charge is -2.18. The van der Waals surface area contributed by atoms with Crippen LogP contribution in [0.15, 0.2) is 18.2 Å². The van der Waals surface area contributed by atoms with E-state index in [-0.39, 0.29) is 24.5 Å². The SMILES string of the molecule is C/C=C(/C(=O)OCC)c1ccc(OCC)c(C(=O)OCC)c1OCC. The van der Waals surface area contributed by atoms with Crippen molar-refractivity contribution in [2.24, 2.45) is 0 Å². The van der Waals surface area contributed by atoms with E-state index in [9.17, 15) is 9.59 Å². The van der Waals surface area contributed by atoms with Gasteiger partial charge in [-0.1, -0.05) is 6.08 Å². The minimum absolute atomic E-state index is 0.173. The first-order valence-electron chi connectivity index (χ1n) is 8.48. The molecule has 1 aromatic rings. The zero-order chi connectivity index (χ0) is 18.8. The second kappa shape index (κ2) is 10.4. The van der Waals surface area contributed by atoms with Gasteiger partial charge in [-0.15, -0.1) is 0 Å². The van der Waals surface area contributed by atoms with Crippen molar-refractivity contribution in [2.75, 3.05) is 26.4 Å². The quantitative estimate of drug-likeness (QED) is 0.500. The lowest BCUT2D eigenvalue weighted by molar-refractivity contribution is -0.136. The number of carbonyl (C=O) groups is 2. The van der Waals surface area contributed by atoms with Crippen molar-refractivity contribution in [1.82, 2.24) is 0 Å². The molecule has 1 rings (SSSR count). The Kier molecular flexibility index (Phi) is 8.53. The third-order valence-corrected chi connectivity index (χ3v) is 3.26. The van der Waals surface area contributed by atoms with E-state index in [1.165, 1.54) is 0 Å². The van der Waals surface area contributed by atoms with E-state index in [0.29, 0.717) is 30.1 Å². The normalized spacial score (nSPS) is 11.0. The third-order valence-electron chi connectivity index (χ3n) is 3.26. The molecule has 0 aliphatic carbocycles. The first-order chi connectivity index (χ1) is 12.0. The van der Waals surface area contributed by atoms with Crippen molar-refractivity contribution >= 4 is 17.5 Å². The van der Waals surface area contributed by atoms with Gasteiger partial charge in [0.2, 0.25) is 0 Å². The number of ether oxygens (including phenoxy) is 4. The molecular weight excluding hydrogens is 324 g/mol. The second-order valence-corrected chi connectivity index (χ2v) is 4.82. The molecule has 6 nitrogen and oxygen atoms in total. The molecular formula is C19H26O6. The Balaban J connectivity index is 3.60. The van der Waals surface area contributed by atoms with Crippen molar-refractivity contribution in [3.05, 3.63) is 29.3 Å². The van der Waals surface area contributed by atoms with Crippen LogP contribution in [0.3, 0.4) is 0 Å². The average Bonchev–Trinajstić information content (AvgIpc) is 2.58. The predicted molar refractivity (Wildman–Crippen MR) is 95.0 cm³/mol. The van der Waals surface area contributed by atoms with Gasteiger partial charge in [0, 0.05) is 5.56 Å². The van der Waals surface area contributed by atoms with E-state index in [0.717, 1.165) is 0 Å². The molecule has 0 amide bonds. The van der Waals surface area contributed by atoms with Crippen LogP contribution in [-0.4, -0.2) is 38.4 Å². The Morgan fingerprint density at radius 1 is 0.920 bits per heavy atom. The molecule has 0 unspecified atom stereocenters. The molecule has 138 valence electrons. The molecule has 0 bridgehead atoms. The monoisotopic (exact) mass is 350 g/mol. The topological polar surface area (TPSA) is 71.1 Å². The summed E-state index contributed by atoms with van der Waals surface area (Å²) in [5.74, 6) is -0.430. The van der Waals surface area contributed by atoms with Gasteiger partial charge in [-0.2, -0.15) is 0 Å². The largest absolute Gasteiger partial charge is 0.493 e. The van der Waals surface area contributed by atoms with Crippen LogP contribution in [0.5, 0.6) is 11.5 Å². The first kappa shape index (κ1) is 20.5. The van der Waals surface area contributed by atoms with Crippen molar-refractivity contribution in [2.45, 2.75) is 34.6 Å². The molecule has 0 N–H and O–H groups in total. The first-order valence-corrected chi connectivity index (χ1v) is 8.48. The van der Waals surface area contributed by atoms with E-state index in [1.807, 2.05) is 6.92 Å². The molecule has 0 aliphatic heterocycles. The number of esters is 2. The summed E-state index contributed by atoms with van der Waals surface area (Å²) in [5, 5.41) is 0. The van der Waals surface area contributed by atoms with E-state index >= 15 is 0 Å². The Morgan fingerprint density at radius 2 is 1.56 bits per heavy atom. The molecule has 0 atom stereocenters. The van der Waals surface area contributed by atoms with Gasteiger partial charge in [-0.25, -0.2) is 9.59 Å². The Hall–Kier alpha value is -2.50. The van der Waals surface area contributed by atoms with Gasteiger partial charge >= 0.3 is 11.9 Å². The summed E-state index contributed by atoms with van der Waals surface area (Å²) < 4.78 is 21.5. The van der Waals surface area contributed by atoms with E-state index in [4.69, 9.17) is 18.9 Å². The van der Waals surface area contributed by atoms with Crippen LogP contribution in [0.4, 0.5) is 0 Å².